The highest BCUT2D eigenvalue weighted by atomic mass is 16.2. The number of carbonyl (C=O) groups is 3. The number of barbiturate groups is 1. The molecule has 5 rings (SSSR count). The van der Waals surface area contributed by atoms with E-state index in [9.17, 15) is 19.2 Å². The molecule has 0 radical (unpaired) electrons. The first-order chi connectivity index (χ1) is 14.3. The van der Waals surface area contributed by atoms with Gasteiger partial charge in [-0.1, -0.05) is 13.0 Å². The zero-order chi connectivity index (χ0) is 21.4. The maximum absolute atomic E-state index is 13.5. The van der Waals surface area contributed by atoms with E-state index in [-0.39, 0.29) is 12.0 Å². The minimum absolute atomic E-state index is 0.0560. The number of urea groups is 1. The van der Waals surface area contributed by atoms with Crippen molar-refractivity contribution >= 4 is 29.3 Å². The Balaban J connectivity index is 1.80. The standard InChI is InChI=1S/C21H23N5O4/c1-12-7-9-25-14(10-12)21(18(28)23(2)20(30)24(3)19(21)29)11-13-16(25)22-15-6-4-5-8-26(15)17(13)27/h4-6,8,12,14H,7,9-11H2,1-3H3/t12-,14-/m1/s1. The van der Waals surface area contributed by atoms with Crippen LogP contribution in [-0.2, 0) is 16.0 Å². The molecule has 5 heterocycles. The van der Waals surface area contributed by atoms with E-state index in [1.165, 1.54) is 18.5 Å². The van der Waals surface area contributed by atoms with Gasteiger partial charge in [-0.25, -0.2) is 9.78 Å². The molecule has 9 nitrogen and oxygen atoms in total. The molecule has 0 N–H and O–H groups in total. The number of imide groups is 2. The molecule has 0 unspecified atom stereocenters. The largest absolute Gasteiger partial charge is 0.352 e. The van der Waals surface area contributed by atoms with Crippen molar-refractivity contribution in [3.63, 3.8) is 0 Å². The molecule has 2 atom stereocenters. The Bertz CT molecular complexity index is 1150. The summed E-state index contributed by atoms with van der Waals surface area (Å²) in [6, 6.07) is 4.22. The van der Waals surface area contributed by atoms with Crippen LogP contribution in [0.5, 0.6) is 0 Å². The third-order valence-electron chi connectivity index (χ3n) is 6.91. The Hall–Kier alpha value is -3.23. The lowest BCUT2D eigenvalue weighted by Gasteiger charge is -2.54. The Morgan fingerprint density at radius 1 is 1.07 bits per heavy atom. The van der Waals surface area contributed by atoms with Crippen LogP contribution in [0.15, 0.2) is 29.2 Å². The van der Waals surface area contributed by atoms with Crippen LogP contribution in [0, 0.1) is 11.3 Å². The average Bonchev–Trinajstić information content (AvgIpc) is 2.75. The fraction of sp³-hybridized carbons (Fsp3) is 0.476. The monoisotopic (exact) mass is 409 g/mol. The number of amides is 4. The minimum atomic E-state index is -1.51. The molecular formula is C21H23N5O4. The number of piperidine rings is 1. The van der Waals surface area contributed by atoms with E-state index in [0.717, 1.165) is 16.2 Å². The van der Waals surface area contributed by atoms with E-state index in [4.69, 9.17) is 4.98 Å². The minimum Gasteiger partial charge on any atom is -0.352 e. The van der Waals surface area contributed by atoms with E-state index in [2.05, 4.69) is 6.92 Å². The maximum atomic E-state index is 13.5. The van der Waals surface area contributed by atoms with Gasteiger partial charge in [0.05, 0.1) is 11.6 Å². The highest BCUT2D eigenvalue weighted by Crippen LogP contribution is 2.48. The first-order valence-electron chi connectivity index (χ1n) is 10.1. The van der Waals surface area contributed by atoms with Gasteiger partial charge in [-0.3, -0.25) is 28.6 Å². The SMILES string of the molecule is C[C@@H]1CCN2c3nc4ccccn4c(=O)c3CC3(C(=O)N(C)C(=O)N(C)C3=O)[C@H]2C1. The van der Waals surface area contributed by atoms with Gasteiger partial charge in [0, 0.05) is 33.3 Å². The molecule has 0 saturated carbocycles. The van der Waals surface area contributed by atoms with Crippen LogP contribution in [-0.4, -0.2) is 63.7 Å². The zero-order valence-electron chi connectivity index (χ0n) is 17.2. The molecule has 3 aliphatic rings. The second-order valence-electron chi connectivity index (χ2n) is 8.65. The highest BCUT2D eigenvalue weighted by molar-refractivity contribution is 6.20. The molecule has 156 valence electrons. The van der Waals surface area contributed by atoms with Crippen LogP contribution in [0.2, 0.25) is 0 Å². The van der Waals surface area contributed by atoms with Crippen LogP contribution in [0.3, 0.4) is 0 Å². The van der Waals surface area contributed by atoms with Gasteiger partial charge in [0.1, 0.15) is 11.5 Å². The third-order valence-corrected chi connectivity index (χ3v) is 6.91. The summed E-state index contributed by atoms with van der Waals surface area (Å²) in [4.78, 5) is 61.5. The van der Waals surface area contributed by atoms with Gasteiger partial charge in [0.25, 0.3) is 5.56 Å². The Labute approximate surface area is 172 Å². The Morgan fingerprint density at radius 2 is 1.77 bits per heavy atom. The molecule has 0 aromatic carbocycles. The van der Waals surface area contributed by atoms with E-state index in [1.54, 1.807) is 18.3 Å². The Kier molecular flexibility index (Phi) is 3.84. The third kappa shape index (κ3) is 2.20. The molecule has 30 heavy (non-hydrogen) atoms. The van der Waals surface area contributed by atoms with Crippen molar-refractivity contribution < 1.29 is 14.4 Å². The van der Waals surface area contributed by atoms with Crippen molar-refractivity contribution in [2.24, 2.45) is 11.3 Å². The quantitative estimate of drug-likeness (QED) is 0.600. The normalized spacial score (nSPS) is 25.7. The summed E-state index contributed by atoms with van der Waals surface area (Å²) in [5, 5.41) is 0. The molecule has 1 spiro atoms. The van der Waals surface area contributed by atoms with Crippen LogP contribution < -0.4 is 10.5 Å². The van der Waals surface area contributed by atoms with Crippen LogP contribution >= 0.6 is 0 Å². The molecule has 4 amide bonds. The number of carbonyl (C=O) groups excluding carboxylic acids is 3. The summed E-state index contributed by atoms with van der Waals surface area (Å²) in [5.74, 6) is -0.220. The molecule has 3 aliphatic heterocycles. The number of nitrogens with zero attached hydrogens (tertiary/aromatic N) is 5. The van der Waals surface area contributed by atoms with Gasteiger partial charge >= 0.3 is 6.03 Å². The highest BCUT2D eigenvalue weighted by Gasteiger charge is 2.64. The summed E-state index contributed by atoms with van der Waals surface area (Å²) in [6.07, 6.45) is 3.06. The molecule has 0 aliphatic carbocycles. The van der Waals surface area contributed by atoms with Gasteiger partial charge in [0.2, 0.25) is 11.8 Å². The summed E-state index contributed by atoms with van der Waals surface area (Å²) in [7, 11) is 2.79. The second-order valence-corrected chi connectivity index (χ2v) is 8.65. The smallest absolute Gasteiger partial charge is 0.332 e. The van der Waals surface area contributed by atoms with E-state index >= 15 is 0 Å². The number of hydrogen-bond donors (Lipinski definition) is 0. The average molecular weight is 409 g/mol. The van der Waals surface area contributed by atoms with Gasteiger partial charge < -0.3 is 4.90 Å². The van der Waals surface area contributed by atoms with Crippen molar-refractivity contribution in [1.29, 1.82) is 0 Å². The number of pyridine rings is 1. The summed E-state index contributed by atoms with van der Waals surface area (Å²) in [6.45, 7) is 2.69. The molecule has 2 saturated heterocycles. The van der Waals surface area contributed by atoms with Crippen molar-refractivity contribution in [3.05, 3.63) is 40.3 Å². The predicted molar refractivity (Wildman–Crippen MR) is 108 cm³/mol. The number of hydrogen-bond acceptors (Lipinski definition) is 6. The van der Waals surface area contributed by atoms with Crippen LogP contribution in [0.1, 0.15) is 25.3 Å². The zero-order valence-corrected chi connectivity index (χ0v) is 17.2. The number of aromatic nitrogens is 2. The van der Waals surface area contributed by atoms with Gasteiger partial charge in [-0.05, 0) is 30.9 Å². The Morgan fingerprint density at radius 3 is 2.47 bits per heavy atom. The first-order valence-corrected chi connectivity index (χ1v) is 10.1. The molecule has 2 fully saturated rings. The van der Waals surface area contributed by atoms with E-state index in [1.807, 2.05) is 11.0 Å². The van der Waals surface area contributed by atoms with Crippen molar-refractivity contribution in [2.45, 2.75) is 32.2 Å². The van der Waals surface area contributed by atoms with Crippen LogP contribution in [0.4, 0.5) is 10.6 Å². The topological polar surface area (TPSA) is 95.3 Å². The summed E-state index contributed by atoms with van der Waals surface area (Å²) >= 11 is 0. The van der Waals surface area contributed by atoms with Gasteiger partial charge in [0.15, 0.2) is 5.41 Å². The summed E-state index contributed by atoms with van der Waals surface area (Å²) < 4.78 is 1.44. The summed E-state index contributed by atoms with van der Waals surface area (Å²) in [5.41, 5.74) is -0.916. The maximum Gasteiger partial charge on any atom is 0.332 e. The van der Waals surface area contributed by atoms with Crippen molar-refractivity contribution in [2.75, 3.05) is 25.5 Å². The molecule has 2 aromatic rings. The van der Waals surface area contributed by atoms with Crippen LogP contribution in [0.25, 0.3) is 5.65 Å². The fourth-order valence-corrected chi connectivity index (χ4v) is 5.29. The molecular weight excluding hydrogens is 386 g/mol. The van der Waals surface area contributed by atoms with Gasteiger partial charge in [-0.2, -0.15) is 0 Å². The number of fused-ring (bicyclic) bond motifs is 5. The molecule has 0 bridgehead atoms. The first kappa shape index (κ1) is 18.8. The van der Waals surface area contributed by atoms with Crippen molar-refractivity contribution in [3.8, 4) is 0 Å². The lowest BCUT2D eigenvalue weighted by atomic mass is 9.65. The van der Waals surface area contributed by atoms with E-state index in [0.29, 0.717) is 35.9 Å². The number of rotatable bonds is 0. The number of anilines is 1. The molecule has 9 heteroatoms. The lowest BCUT2D eigenvalue weighted by molar-refractivity contribution is -0.160. The van der Waals surface area contributed by atoms with Crippen molar-refractivity contribution in [1.82, 2.24) is 19.2 Å². The van der Waals surface area contributed by atoms with E-state index < -0.39 is 29.3 Å². The fourth-order valence-electron chi connectivity index (χ4n) is 5.29. The lowest BCUT2D eigenvalue weighted by Crippen LogP contribution is -2.72. The second kappa shape index (κ2) is 6.13. The predicted octanol–water partition coefficient (Wildman–Crippen LogP) is 0.892. The molecule has 2 aromatic heterocycles. The van der Waals surface area contributed by atoms with Gasteiger partial charge in [-0.15, -0.1) is 0 Å².